The second-order valence-corrected chi connectivity index (χ2v) is 10.3. The largest absolute Gasteiger partial charge is 0.494 e. The predicted molar refractivity (Wildman–Crippen MR) is 141 cm³/mol. The van der Waals surface area contributed by atoms with Gasteiger partial charge in [0.2, 0.25) is 0 Å². The van der Waals surface area contributed by atoms with Crippen LogP contribution in [0.5, 0.6) is 5.75 Å². The minimum absolute atomic E-state index is 0.0709. The van der Waals surface area contributed by atoms with Gasteiger partial charge in [0, 0.05) is 24.3 Å². The van der Waals surface area contributed by atoms with Gasteiger partial charge in [0.1, 0.15) is 11.6 Å². The zero-order chi connectivity index (χ0) is 26.1. The van der Waals surface area contributed by atoms with Crippen molar-refractivity contribution in [2.75, 3.05) is 26.5 Å². The van der Waals surface area contributed by atoms with E-state index < -0.39 is 5.82 Å². The first-order valence-corrected chi connectivity index (χ1v) is 13.1. The molecule has 37 heavy (non-hydrogen) atoms. The molecule has 0 spiro atoms. The highest BCUT2D eigenvalue weighted by Crippen LogP contribution is 2.40. The molecule has 5 nitrogen and oxygen atoms in total. The van der Waals surface area contributed by atoms with Gasteiger partial charge in [0.15, 0.2) is 11.6 Å². The first-order chi connectivity index (χ1) is 17.9. The Balaban J connectivity index is 1.64. The lowest BCUT2D eigenvalue weighted by molar-refractivity contribution is 0.256. The summed E-state index contributed by atoms with van der Waals surface area (Å²) in [6, 6.07) is 15.1. The zero-order valence-corrected chi connectivity index (χ0v) is 21.8. The lowest BCUT2D eigenvalue weighted by atomic mass is 9.94. The second-order valence-electron chi connectivity index (χ2n) is 9.29. The lowest BCUT2D eigenvalue weighted by Gasteiger charge is -2.24. The molecule has 0 fully saturated rings. The molecule has 3 heterocycles. The van der Waals surface area contributed by atoms with E-state index in [0.29, 0.717) is 36.4 Å². The van der Waals surface area contributed by atoms with E-state index in [1.165, 1.54) is 19.2 Å². The summed E-state index contributed by atoms with van der Waals surface area (Å²) in [5.41, 5.74) is 2.24. The molecule has 0 radical (unpaired) electrons. The number of thioether (sulfide) groups is 1. The number of furan rings is 1. The average Bonchev–Trinajstić information content (AvgIpc) is 3.54. The molecule has 2 aromatic heterocycles. The number of ether oxygens (including phenoxy) is 1. The van der Waals surface area contributed by atoms with Gasteiger partial charge in [-0.1, -0.05) is 30.3 Å². The maximum absolute atomic E-state index is 15.5. The minimum Gasteiger partial charge on any atom is -0.494 e. The van der Waals surface area contributed by atoms with Gasteiger partial charge in [-0.15, -0.1) is 11.8 Å². The molecule has 0 N–H and O–H groups in total. The minimum atomic E-state index is -0.584. The molecule has 0 amide bonds. The quantitative estimate of drug-likeness (QED) is 0.281. The highest BCUT2D eigenvalue weighted by atomic mass is 32.2. The standard InChI is InChI=1S/C29H28F2N2O3S/c1-18-23(14-19-8-4-5-11-24(19)30)29-33(20(17-37-29)15-32(2)16-21-9-7-13-36-21)28(34)26(18)22-10-6-12-25(35-3)27(22)31/h4-13,20H,14-17H2,1-3H3. The molecule has 4 aromatic rings. The third-order valence-corrected chi connectivity index (χ3v) is 8.09. The molecule has 5 rings (SSSR count). The van der Waals surface area contributed by atoms with Crippen LogP contribution in [0.3, 0.4) is 0 Å². The van der Waals surface area contributed by atoms with Crippen molar-refractivity contribution in [3.8, 4) is 16.9 Å². The Morgan fingerprint density at radius 3 is 2.68 bits per heavy atom. The summed E-state index contributed by atoms with van der Waals surface area (Å²) in [5, 5.41) is 0.814. The molecule has 0 aliphatic carbocycles. The van der Waals surface area contributed by atoms with Crippen LogP contribution < -0.4 is 10.3 Å². The normalized spacial score (nSPS) is 14.8. The van der Waals surface area contributed by atoms with Gasteiger partial charge in [-0.25, -0.2) is 8.78 Å². The lowest BCUT2D eigenvalue weighted by Crippen LogP contribution is -2.34. The fourth-order valence-corrected chi connectivity index (χ4v) is 6.39. The van der Waals surface area contributed by atoms with Gasteiger partial charge >= 0.3 is 0 Å². The number of nitrogens with zero attached hydrogens (tertiary/aromatic N) is 2. The Bertz CT molecular complexity index is 1480. The molecule has 192 valence electrons. The van der Waals surface area contributed by atoms with E-state index in [1.807, 2.05) is 26.1 Å². The van der Waals surface area contributed by atoms with Crippen molar-refractivity contribution in [2.24, 2.45) is 0 Å². The number of fused-ring (bicyclic) bond motifs is 1. The Morgan fingerprint density at radius 2 is 1.95 bits per heavy atom. The van der Waals surface area contributed by atoms with Crippen molar-refractivity contribution in [2.45, 2.75) is 31.0 Å². The van der Waals surface area contributed by atoms with Crippen LogP contribution in [0, 0.1) is 18.6 Å². The van der Waals surface area contributed by atoms with Crippen LogP contribution in [0.15, 0.2) is 75.1 Å². The average molecular weight is 523 g/mol. The van der Waals surface area contributed by atoms with E-state index >= 15 is 4.39 Å². The number of benzene rings is 2. The molecule has 0 saturated carbocycles. The summed E-state index contributed by atoms with van der Waals surface area (Å²) in [4.78, 5) is 16.2. The summed E-state index contributed by atoms with van der Waals surface area (Å²) < 4.78 is 42.6. The van der Waals surface area contributed by atoms with E-state index in [1.54, 1.807) is 52.9 Å². The first kappa shape index (κ1) is 25.3. The highest BCUT2D eigenvalue weighted by molar-refractivity contribution is 7.99. The Labute approximate surface area is 218 Å². The van der Waals surface area contributed by atoms with E-state index in [2.05, 4.69) is 4.90 Å². The number of hydrogen-bond donors (Lipinski definition) is 0. The fraction of sp³-hybridized carbons (Fsp3) is 0.276. The summed E-state index contributed by atoms with van der Waals surface area (Å²) in [7, 11) is 3.38. The van der Waals surface area contributed by atoms with Crippen molar-refractivity contribution < 1.29 is 17.9 Å². The van der Waals surface area contributed by atoms with Crippen molar-refractivity contribution in [3.63, 3.8) is 0 Å². The summed E-state index contributed by atoms with van der Waals surface area (Å²) in [6.45, 7) is 3.02. The summed E-state index contributed by atoms with van der Waals surface area (Å²) >= 11 is 1.59. The third kappa shape index (κ3) is 4.83. The number of hydrogen-bond acceptors (Lipinski definition) is 5. The van der Waals surface area contributed by atoms with Crippen LogP contribution in [-0.4, -0.2) is 35.9 Å². The van der Waals surface area contributed by atoms with Crippen LogP contribution in [-0.2, 0) is 13.0 Å². The number of methoxy groups -OCH3 is 1. The van der Waals surface area contributed by atoms with E-state index in [0.717, 1.165) is 16.3 Å². The van der Waals surface area contributed by atoms with Crippen LogP contribution in [0.1, 0.15) is 28.5 Å². The predicted octanol–water partition coefficient (Wildman–Crippen LogP) is 6.07. The molecule has 1 aliphatic rings. The molecule has 8 heteroatoms. The molecular formula is C29H28F2N2O3S. The summed E-state index contributed by atoms with van der Waals surface area (Å²) in [5.74, 6) is 0.704. The molecule has 2 aromatic carbocycles. The zero-order valence-electron chi connectivity index (χ0n) is 21.0. The van der Waals surface area contributed by atoms with Gasteiger partial charge in [0.05, 0.1) is 36.5 Å². The molecule has 0 bridgehead atoms. The first-order valence-electron chi connectivity index (χ1n) is 12.1. The van der Waals surface area contributed by atoms with Gasteiger partial charge in [-0.3, -0.25) is 14.3 Å². The van der Waals surface area contributed by atoms with Crippen molar-refractivity contribution in [1.29, 1.82) is 0 Å². The third-order valence-electron chi connectivity index (χ3n) is 6.82. The Kier molecular flexibility index (Phi) is 7.22. The fourth-order valence-electron chi connectivity index (χ4n) is 5.01. The van der Waals surface area contributed by atoms with Gasteiger partial charge in [-0.05, 0) is 54.9 Å². The summed E-state index contributed by atoms with van der Waals surface area (Å²) in [6.07, 6.45) is 1.94. The van der Waals surface area contributed by atoms with Crippen LogP contribution in [0.4, 0.5) is 8.78 Å². The van der Waals surface area contributed by atoms with Crippen molar-refractivity contribution in [3.05, 3.63) is 105 Å². The van der Waals surface area contributed by atoms with Gasteiger partial charge < -0.3 is 9.15 Å². The molecule has 0 saturated heterocycles. The van der Waals surface area contributed by atoms with Crippen molar-refractivity contribution >= 4 is 11.8 Å². The highest BCUT2D eigenvalue weighted by Gasteiger charge is 2.32. The number of likely N-dealkylation sites (N-methyl/N-ethyl adjacent to an activating group) is 1. The SMILES string of the molecule is COc1cccc(-c2c(C)c(Cc3ccccc3F)c3n(c2=O)C(CN(C)Cc2ccco2)CS3)c1F. The Morgan fingerprint density at radius 1 is 1.14 bits per heavy atom. The van der Waals surface area contributed by atoms with E-state index in [-0.39, 0.29) is 34.3 Å². The Hall–Kier alpha value is -3.36. The maximum atomic E-state index is 15.5. The topological polar surface area (TPSA) is 47.6 Å². The van der Waals surface area contributed by atoms with Gasteiger partial charge in [-0.2, -0.15) is 0 Å². The van der Waals surface area contributed by atoms with Crippen molar-refractivity contribution in [1.82, 2.24) is 9.47 Å². The molecule has 1 atom stereocenters. The number of halogens is 2. The van der Waals surface area contributed by atoms with Gasteiger partial charge in [0.25, 0.3) is 5.56 Å². The maximum Gasteiger partial charge on any atom is 0.260 e. The second kappa shape index (κ2) is 10.6. The molecule has 1 aliphatic heterocycles. The number of aromatic nitrogens is 1. The number of rotatable bonds is 8. The van der Waals surface area contributed by atoms with E-state index in [4.69, 9.17) is 9.15 Å². The van der Waals surface area contributed by atoms with E-state index in [9.17, 15) is 9.18 Å². The van der Waals surface area contributed by atoms with Crippen LogP contribution in [0.25, 0.3) is 11.1 Å². The monoisotopic (exact) mass is 522 g/mol. The van der Waals surface area contributed by atoms with Crippen LogP contribution >= 0.6 is 11.8 Å². The molecule has 1 unspecified atom stereocenters. The number of pyridine rings is 1. The molecular weight excluding hydrogens is 494 g/mol. The van der Waals surface area contributed by atoms with Crippen LogP contribution in [0.2, 0.25) is 0 Å². The smallest absolute Gasteiger partial charge is 0.260 e.